The van der Waals surface area contributed by atoms with Gasteiger partial charge in [-0.3, -0.25) is 4.79 Å². The molecule has 0 bridgehead atoms. The van der Waals surface area contributed by atoms with Gasteiger partial charge in [0.15, 0.2) is 0 Å². The topological polar surface area (TPSA) is 87.5 Å². The Morgan fingerprint density at radius 2 is 1.83 bits per heavy atom. The van der Waals surface area contributed by atoms with E-state index in [4.69, 9.17) is 10.00 Å². The van der Waals surface area contributed by atoms with E-state index >= 15 is 0 Å². The highest BCUT2D eigenvalue weighted by molar-refractivity contribution is 7.92. The van der Waals surface area contributed by atoms with Crippen molar-refractivity contribution in [2.24, 2.45) is 0 Å². The molecule has 1 amide bonds. The van der Waals surface area contributed by atoms with E-state index in [-0.39, 0.29) is 17.9 Å². The molecule has 122 valence electrons. The number of carbonyl (C=O) groups excluding carboxylic acids is 1. The maximum absolute atomic E-state index is 12.8. The fraction of sp³-hybridized carbons (Fsp3) is 0.176. The Bertz CT molecular complexity index is 904. The molecule has 24 heavy (non-hydrogen) atoms. The average molecular weight is 342 g/mol. The van der Waals surface area contributed by atoms with Gasteiger partial charge in [0, 0.05) is 0 Å². The standard InChI is InChI=1S/C17H14N2O4S/c18-11-10-16(20)19-12-17(23-15-9-5-4-8-14(15)19)24(21,22)13-6-2-1-3-7-13/h1-9,17H,10,12H2. The van der Waals surface area contributed by atoms with Crippen LogP contribution in [0.3, 0.4) is 0 Å². The molecule has 0 spiro atoms. The number of benzene rings is 2. The lowest BCUT2D eigenvalue weighted by atomic mass is 10.2. The molecule has 2 aromatic carbocycles. The number of carbonyl (C=O) groups is 1. The third kappa shape index (κ3) is 2.84. The van der Waals surface area contributed by atoms with Crippen molar-refractivity contribution in [3.8, 4) is 11.8 Å². The van der Waals surface area contributed by atoms with Crippen molar-refractivity contribution in [1.29, 1.82) is 5.26 Å². The van der Waals surface area contributed by atoms with Crippen LogP contribution >= 0.6 is 0 Å². The summed E-state index contributed by atoms with van der Waals surface area (Å²) in [5.41, 5.74) is -0.755. The van der Waals surface area contributed by atoms with Crippen LogP contribution in [0.15, 0.2) is 59.5 Å². The van der Waals surface area contributed by atoms with Crippen LogP contribution in [0.1, 0.15) is 6.42 Å². The summed E-state index contributed by atoms with van der Waals surface area (Å²) in [6, 6.07) is 16.4. The van der Waals surface area contributed by atoms with Gasteiger partial charge in [0.2, 0.25) is 21.2 Å². The fourth-order valence-electron chi connectivity index (χ4n) is 2.53. The van der Waals surface area contributed by atoms with E-state index in [1.165, 1.54) is 17.0 Å². The summed E-state index contributed by atoms with van der Waals surface area (Å²) in [5.74, 6) is -0.152. The summed E-state index contributed by atoms with van der Waals surface area (Å²) in [5, 5.41) is 8.77. The summed E-state index contributed by atoms with van der Waals surface area (Å²) in [4.78, 5) is 13.6. The van der Waals surface area contributed by atoms with Crippen molar-refractivity contribution in [2.75, 3.05) is 11.4 Å². The summed E-state index contributed by atoms with van der Waals surface area (Å²) < 4.78 is 31.2. The van der Waals surface area contributed by atoms with Gasteiger partial charge >= 0.3 is 0 Å². The quantitative estimate of drug-likeness (QED) is 0.853. The third-order valence-electron chi connectivity index (χ3n) is 3.70. The van der Waals surface area contributed by atoms with E-state index in [9.17, 15) is 13.2 Å². The van der Waals surface area contributed by atoms with Gasteiger partial charge in [-0.2, -0.15) is 5.26 Å². The van der Waals surface area contributed by atoms with Gasteiger partial charge in [-0.15, -0.1) is 0 Å². The van der Waals surface area contributed by atoms with Gasteiger partial charge in [-0.05, 0) is 24.3 Å². The lowest BCUT2D eigenvalue weighted by molar-refractivity contribution is -0.118. The first-order chi connectivity index (χ1) is 11.5. The molecule has 0 radical (unpaired) electrons. The molecular formula is C17H14N2O4S. The predicted octanol–water partition coefficient (Wildman–Crippen LogP) is 2.13. The minimum Gasteiger partial charge on any atom is -0.470 e. The summed E-state index contributed by atoms with van der Waals surface area (Å²) in [6.07, 6.45) is -0.327. The fourth-order valence-corrected chi connectivity index (χ4v) is 3.94. The predicted molar refractivity (Wildman–Crippen MR) is 87.1 cm³/mol. The number of nitriles is 1. The zero-order chi connectivity index (χ0) is 17.2. The van der Waals surface area contributed by atoms with Crippen molar-refractivity contribution >= 4 is 21.4 Å². The maximum atomic E-state index is 12.8. The highest BCUT2D eigenvalue weighted by Gasteiger charge is 2.38. The molecule has 0 aromatic heterocycles. The van der Waals surface area contributed by atoms with Crippen LogP contribution < -0.4 is 9.64 Å². The molecule has 3 rings (SSSR count). The Morgan fingerprint density at radius 1 is 1.17 bits per heavy atom. The van der Waals surface area contributed by atoms with E-state index in [1.54, 1.807) is 48.5 Å². The van der Waals surface area contributed by atoms with Crippen LogP contribution in [0.25, 0.3) is 0 Å². The molecule has 0 saturated carbocycles. The van der Waals surface area contributed by atoms with Crippen LogP contribution in [-0.4, -0.2) is 26.3 Å². The third-order valence-corrected chi connectivity index (χ3v) is 5.56. The smallest absolute Gasteiger partial charge is 0.241 e. The first-order valence-electron chi connectivity index (χ1n) is 7.26. The minimum absolute atomic E-state index is 0.127. The van der Waals surface area contributed by atoms with Crippen LogP contribution in [0.5, 0.6) is 5.75 Å². The van der Waals surface area contributed by atoms with Crippen molar-refractivity contribution in [3.05, 3.63) is 54.6 Å². The number of ether oxygens (including phenoxy) is 1. The van der Waals surface area contributed by atoms with Crippen LogP contribution in [0, 0.1) is 11.3 Å². The van der Waals surface area contributed by atoms with Gasteiger partial charge in [-0.1, -0.05) is 30.3 Å². The molecule has 1 aliphatic rings. The molecule has 0 saturated heterocycles. The van der Waals surface area contributed by atoms with E-state index in [0.717, 1.165) is 0 Å². The first kappa shape index (κ1) is 16.0. The lowest BCUT2D eigenvalue weighted by Gasteiger charge is -2.34. The van der Waals surface area contributed by atoms with Gasteiger partial charge < -0.3 is 9.64 Å². The number of nitrogens with zero attached hydrogens (tertiary/aromatic N) is 2. The highest BCUT2D eigenvalue weighted by atomic mass is 32.2. The molecule has 0 fully saturated rings. The number of hydrogen-bond donors (Lipinski definition) is 0. The largest absolute Gasteiger partial charge is 0.470 e. The highest BCUT2D eigenvalue weighted by Crippen LogP contribution is 2.35. The zero-order valence-corrected chi connectivity index (χ0v) is 13.4. The maximum Gasteiger partial charge on any atom is 0.241 e. The second-order valence-corrected chi connectivity index (χ2v) is 7.30. The molecule has 1 unspecified atom stereocenters. The molecular weight excluding hydrogens is 328 g/mol. The molecule has 7 heteroatoms. The number of fused-ring (bicyclic) bond motifs is 1. The minimum atomic E-state index is -3.79. The van der Waals surface area contributed by atoms with Crippen molar-refractivity contribution < 1.29 is 17.9 Å². The van der Waals surface area contributed by atoms with Crippen molar-refractivity contribution in [2.45, 2.75) is 16.8 Å². The van der Waals surface area contributed by atoms with E-state index in [1.807, 2.05) is 0 Å². The van der Waals surface area contributed by atoms with Crippen molar-refractivity contribution in [3.63, 3.8) is 0 Å². The number of rotatable bonds is 3. The van der Waals surface area contributed by atoms with Gasteiger partial charge in [0.25, 0.3) is 0 Å². The second-order valence-electron chi connectivity index (χ2n) is 5.21. The molecule has 6 nitrogen and oxygen atoms in total. The monoisotopic (exact) mass is 342 g/mol. The molecule has 1 aliphatic heterocycles. The number of para-hydroxylation sites is 2. The number of amides is 1. The molecule has 0 aliphatic carbocycles. The van der Waals surface area contributed by atoms with Gasteiger partial charge in [0.1, 0.15) is 12.2 Å². The molecule has 1 heterocycles. The summed E-state index contributed by atoms with van der Waals surface area (Å²) in [6.45, 7) is -0.158. The molecule has 0 N–H and O–H groups in total. The zero-order valence-electron chi connectivity index (χ0n) is 12.6. The lowest BCUT2D eigenvalue weighted by Crippen LogP contribution is -2.47. The van der Waals surface area contributed by atoms with Crippen LogP contribution in [-0.2, 0) is 14.6 Å². The SMILES string of the molecule is N#CCC(=O)N1CC(S(=O)(=O)c2ccccc2)Oc2ccccc21. The second kappa shape index (κ2) is 6.34. The van der Waals surface area contributed by atoms with Crippen LogP contribution in [0.2, 0.25) is 0 Å². The van der Waals surface area contributed by atoms with E-state index in [0.29, 0.717) is 11.4 Å². The summed E-state index contributed by atoms with van der Waals surface area (Å²) >= 11 is 0. The number of anilines is 1. The Labute approximate surface area is 139 Å². The molecule has 2 aromatic rings. The van der Waals surface area contributed by atoms with Crippen LogP contribution in [0.4, 0.5) is 5.69 Å². The van der Waals surface area contributed by atoms with E-state index in [2.05, 4.69) is 0 Å². The Morgan fingerprint density at radius 3 is 2.54 bits per heavy atom. The molecule has 1 atom stereocenters. The Kier molecular flexibility index (Phi) is 4.23. The van der Waals surface area contributed by atoms with Gasteiger partial charge in [0.05, 0.1) is 23.2 Å². The normalized spacial score (nSPS) is 16.6. The summed E-state index contributed by atoms with van der Waals surface area (Å²) in [7, 11) is -3.79. The Balaban J connectivity index is 2.01. The Hall–Kier alpha value is -2.85. The number of sulfone groups is 1. The average Bonchev–Trinajstić information content (AvgIpc) is 2.61. The van der Waals surface area contributed by atoms with Gasteiger partial charge in [-0.25, -0.2) is 8.42 Å². The first-order valence-corrected chi connectivity index (χ1v) is 8.80. The van der Waals surface area contributed by atoms with Crippen molar-refractivity contribution in [1.82, 2.24) is 0 Å². The van der Waals surface area contributed by atoms with E-state index < -0.39 is 21.2 Å². The number of hydrogen-bond acceptors (Lipinski definition) is 5.